The summed E-state index contributed by atoms with van der Waals surface area (Å²) in [5.41, 5.74) is 0. The van der Waals surface area contributed by atoms with E-state index in [-0.39, 0.29) is 0 Å². The van der Waals surface area contributed by atoms with Crippen molar-refractivity contribution in [3.63, 3.8) is 0 Å². The standard InChI is InChI=1S/C11H19ClN2/c1-2-3-4-5-6-7-8-14-9-11(12)13-10-14/h9-10H,2-8H2,1H3. The summed E-state index contributed by atoms with van der Waals surface area (Å²) in [6, 6.07) is 0. The molecule has 0 amide bonds. The zero-order valence-electron chi connectivity index (χ0n) is 8.88. The molecule has 0 aromatic carbocycles. The van der Waals surface area contributed by atoms with E-state index in [4.69, 9.17) is 11.6 Å². The summed E-state index contributed by atoms with van der Waals surface area (Å²) in [5, 5.41) is 0.594. The Bertz CT molecular complexity index is 245. The van der Waals surface area contributed by atoms with Gasteiger partial charge in [0, 0.05) is 12.7 Å². The lowest BCUT2D eigenvalue weighted by Crippen LogP contribution is -1.93. The molecule has 80 valence electrons. The van der Waals surface area contributed by atoms with Gasteiger partial charge in [-0.25, -0.2) is 4.98 Å². The molecule has 0 N–H and O–H groups in total. The Kier molecular flexibility index (Phi) is 5.69. The first-order valence-electron chi connectivity index (χ1n) is 5.50. The van der Waals surface area contributed by atoms with E-state index in [2.05, 4.69) is 16.5 Å². The monoisotopic (exact) mass is 214 g/mol. The largest absolute Gasteiger partial charge is 0.336 e. The van der Waals surface area contributed by atoms with Crippen LogP contribution in [0.3, 0.4) is 0 Å². The highest BCUT2D eigenvalue weighted by atomic mass is 35.5. The second-order valence-electron chi connectivity index (χ2n) is 3.70. The van der Waals surface area contributed by atoms with Crippen LogP contribution in [-0.4, -0.2) is 9.55 Å². The van der Waals surface area contributed by atoms with Crippen LogP contribution in [0.2, 0.25) is 5.15 Å². The molecule has 0 unspecified atom stereocenters. The minimum atomic E-state index is 0.594. The molecular formula is C11H19ClN2. The van der Waals surface area contributed by atoms with Gasteiger partial charge in [-0.15, -0.1) is 0 Å². The minimum Gasteiger partial charge on any atom is -0.336 e. The fourth-order valence-corrected chi connectivity index (χ4v) is 1.70. The fourth-order valence-electron chi connectivity index (χ4n) is 1.53. The number of rotatable bonds is 7. The van der Waals surface area contributed by atoms with E-state index in [0.29, 0.717) is 5.15 Å². The van der Waals surface area contributed by atoms with Gasteiger partial charge in [-0.2, -0.15) is 0 Å². The lowest BCUT2D eigenvalue weighted by Gasteiger charge is -2.01. The quantitative estimate of drug-likeness (QED) is 0.630. The van der Waals surface area contributed by atoms with Crippen molar-refractivity contribution >= 4 is 11.6 Å². The third kappa shape index (κ3) is 4.66. The van der Waals surface area contributed by atoms with Crippen LogP contribution in [0.5, 0.6) is 0 Å². The number of hydrogen-bond donors (Lipinski definition) is 0. The van der Waals surface area contributed by atoms with Crippen LogP contribution in [-0.2, 0) is 6.54 Å². The molecular weight excluding hydrogens is 196 g/mol. The average molecular weight is 215 g/mol. The number of nitrogens with zero attached hydrogens (tertiary/aromatic N) is 2. The molecule has 1 rings (SSSR count). The van der Waals surface area contributed by atoms with Crippen LogP contribution in [0.25, 0.3) is 0 Å². The summed E-state index contributed by atoms with van der Waals surface area (Å²) < 4.78 is 2.06. The van der Waals surface area contributed by atoms with Crippen molar-refractivity contribution in [3.05, 3.63) is 17.7 Å². The zero-order valence-corrected chi connectivity index (χ0v) is 9.63. The molecule has 0 saturated heterocycles. The Balaban J connectivity index is 1.99. The lowest BCUT2D eigenvalue weighted by atomic mass is 10.1. The number of imidazole rings is 1. The van der Waals surface area contributed by atoms with Gasteiger partial charge in [-0.3, -0.25) is 0 Å². The molecule has 0 bridgehead atoms. The molecule has 1 heterocycles. The van der Waals surface area contributed by atoms with Crippen molar-refractivity contribution in [1.82, 2.24) is 9.55 Å². The van der Waals surface area contributed by atoms with Gasteiger partial charge in [0.25, 0.3) is 0 Å². The average Bonchev–Trinajstić information content (AvgIpc) is 2.58. The van der Waals surface area contributed by atoms with E-state index in [9.17, 15) is 0 Å². The first-order chi connectivity index (χ1) is 6.83. The van der Waals surface area contributed by atoms with Gasteiger partial charge < -0.3 is 4.57 Å². The van der Waals surface area contributed by atoms with Crippen molar-refractivity contribution in [1.29, 1.82) is 0 Å². The maximum atomic E-state index is 5.71. The number of aryl methyl sites for hydroxylation is 1. The molecule has 3 heteroatoms. The third-order valence-electron chi connectivity index (χ3n) is 2.37. The molecule has 0 radical (unpaired) electrons. The van der Waals surface area contributed by atoms with Gasteiger partial charge in [-0.1, -0.05) is 50.6 Å². The Morgan fingerprint density at radius 1 is 1.21 bits per heavy atom. The van der Waals surface area contributed by atoms with E-state index in [0.717, 1.165) is 6.54 Å². The number of hydrogen-bond acceptors (Lipinski definition) is 1. The number of unbranched alkanes of at least 4 members (excludes halogenated alkanes) is 5. The Morgan fingerprint density at radius 2 is 1.93 bits per heavy atom. The molecule has 1 aromatic rings. The number of halogens is 1. The fraction of sp³-hybridized carbons (Fsp3) is 0.727. The Hall–Kier alpha value is -0.500. The van der Waals surface area contributed by atoms with Crippen molar-refractivity contribution in [2.24, 2.45) is 0 Å². The molecule has 0 atom stereocenters. The van der Waals surface area contributed by atoms with Crippen LogP contribution in [0.4, 0.5) is 0 Å². The van der Waals surface area contributed by atoms with Gasteiger partial charge in [0.1, 0.15) is 5.15 Å². The summed E-state index contributed by atoms with van der Waals surface area (Å²) in [6.07, 6.45) is 11.7. The predicted molar refractivity (Wildman–Crippen MR) is 60.6 cm³/mol. The van der Waals surface area contributed by atoms with Crippen molar-refractivity contribution in [2.75, 3.05) is 0 Å². The van der Waals surface area contributed by atoms with Crippen LogP contribution in [0, 0.1) is 0 Å². The van der Waals surface area contributed by atoms with Crippen LogP contribution >= 0.6 is 11.6 Å². The third-order valence-corrected chi connectivity index (χ3v) is 2.57. The number of aromatic nitrogens is 2. The molecule has 2 nitrogen and oxygen atoms in total. The second-order valence-corrected chi connectivity index (χ2v) is 4.09. The highest BCUT2D eigenvalue weighted by Gasteiger charge is 1.94. The Labute approximate surface area is 91.3 Å². The molecule has 14 heavy (non-hydrogen) atoms. The first-order valence-corrected chi connectivity index (χ1v) is 5.88. The summed E-state index contributed by atoms with van der Waals surface area (Å²) in [6.45, 7) is 3.29. The highest BCUT2D eigenvalue weighted by Crippen LogP contribution is 2.08. The summed E-state index contributed by atoms with van der Waals surface area (Å²) >= 11 is 5.71. The van der Waals surface area contributed by atoms with E-state index in [1.807, 2.05) is 6.20 Å². The van der Waals surface area contributed by atoms with Gasteiger partial charge in [0.05, 0.1) is 6.33 Å². The zero-order chi connectivity index (χ0) is 10.2. The topological polar surface area (TPSA) is 17.8 Å². The van der Waals surface area contributed by atoms with E-state index >= 15 is 0 Å². The van der Waals surface area contributed by atoms with Crippen molar-refractivity contribution in [2.45, 2.75) is 52.0 Å². The Morgan fingerprint density at radius 3 is 2.57 bits per heavy atom. The van der Waals surface area contributed by atoms with Gasteiger partial charge >= 0.3 is 0 Å². The smallest absolute Gasteiger partial charge is 0.146 e. The molecule has 0 spiro atoms. The van der Waals surface area contributed by atoms with Gasteiger partial charge in [0.15, 0.2) is 0 Å². The second kappa shape index (κ2) is 6.88. The van der Waals surface area contributed by atoms with Crippen molar-refractivity contribution < 1.29 is 0 Å². The van der Waals surface area contributed by atoms with Gasteiger partial charge in [-0.05, 0) is 6.42 Å². The molecule has 0 aliphatic carbocycles. The van der Waals surface area contributed by atoms with Crippen molar-refractivity contribution in [3.8, 4) is 0 Å². The SMILES string of the molecule is CCCCCCCCn1cnc(Cl)c1. The molecule has 0 aliphatic heterocycles. The van der Waals surface area contributed by atoms with Crippen LogP contribution < -0.4 is 0 Å². The molecule has 0 aliphatic rings. The van der Waals surface area contributed by atoms with E-state index in [1.165, 1.54) is 38.5 Å². The van der Waals surface area contributed by atoms with E-state index < -0.39 is 0 Å². The first kappa shape index (κ1) is 11.6. The van der Waals surface area contributed by atoms with E-state index in [1.54, 1.807) is 6.33 Å². The van der Waals surface area contributed by atoms with Crippen LogP contribution in [0.1, 0.15) is 45.4 Å². The summed E-state index contributed by atoms with van der Waals surface area (Å²) in [4.78, 5) is 3.97. The normalized spacial score (nSPS) is 10.7. The summed E-state index contributed by atoms with van der Waals surface area (Å²) in [7, 11) is 0. The summed E-state index contributed by atoms with van der Waals surface area (Å²) in [5.74, 6) is 0. The molecule has 0 fully saturated rings. The lowest BCUT2D eigenvalue weighted by molar-refractivity contribution is 0.558. The predicted octanol–water partition coefficient (Wildman–Crippen LogP) is 3.90. The minimum absolute atomic E-state index is 0.594. The molecule has 0 saturated carbocycles. The van der Waals surface area contributed by atoms with Gasteiger partial charge in [0.2, 0.25) is 0 Å². The maximum Gasteiger partial charge on any atom is 0.146 e. The van der Waals surface area contributed by atoms with Crippen LogP contribution in [0.15, 0.2) is 12.5 Å². The molecule has 1 aromatic heterocycles. The highest BCUT2D eigenvalue weighted by molar-refractivity contribution is 6.29. The maximum absolute atomic E-state index is 5.71.